The molecule has 1 aromatic heterocycles. The van der Waals surface area contributed by atoms with Gasteiger partial charge in [0, 0.05) is 26.3 Å². The average Bonchev–Trinajstić information content (AvgIpc) is 2.73. The summed E-state index contributed by atoms with van der Waals surface area (Å²) in [4.78, 5) is 25.6. The lowest BCUT2D eigenvalue weighted by Crippen LogP contribution is -2.22. The van der Waals surface area contributed by atoms with Gasteiger partial charge in [-0.3, -0.25) is 9.59 Å². The van der Waals surface area contributed by atoms with Gasteiger partial charge in [0.15, 0.2) is 12.4 Å². The standard InChI is InChI=1S/C23H13Cl4NO4/c24-12-5-6-19-17(10-12)21(30)23(22(32-19)16-3-1-2-4-18(16)27)31-11-20(29)28-15-8-13(25)7-14(26)9-15/h1-10H,11H2,(H,28,29). The number of halogens is 4. The fourth-order valence-corrected chi connectivity index (χ4v) is 3.98. The zero-order chi connectivity index (χ0) is 22.8. The molecular weight excluding hydrogens is 496 g/mol. The molecular formula is C23H13Cl4NO4. The summed E-state index contributed by atoms with van der Waals surface area (Å²) in [6.07, 6.45) is 0. The molecule has 1 amide bonds. The van der Waals surface area contributed by atoms with E-state index in [1.807, 2.05) is 0 Å². The predicted molar refractivity (Wildman–Crippen MR) is 129 cm³/mol. The average molecular weight is 509 g/mol. The molecule has 0 bridgehead atoms. The predicted octanol–water partition coefficient (Wildman–Crippen LogP) is 7.09. The van der Waals surface area contributed by atoms with Gasteiger partial charge in [-0.25, -0.2) is 0 Å². The van der Waals surface area contributed by atoms with Crippen molar-refractivity contribution in [3.8, 4) is 17.1 Å². The summed E-state index contributed by atoms with van der Waals surface area (Å²) in [5.74, 6) is -0.583. The van der Waals surface area contributed by atoms with Crippen molar-refractivity contribution in [2.75, 3.05) is 11.9 Å². The summed E-state index contributed by atoms with van der Waals surface area (Å²) in [6, 6.07) is 16.1. The van der Waals surface area contributed by atoms with Crippen molar-refractivity contribution in [1.82, 2.24) is 0 Å². The number of carbonyl (C=O) groups excluding carboxylic acids is 1. The SMILES string of the molecule is O=C(COc1c(-c2ccccc2Cl)oc2ccc(Cl)cc2c1=O)Nc1cc(Cl)cc(Cl)c1. The van der Waals surface area contributed by atoms with Gasteiger partial charge < -0.3 is 14.5 Å². The molecule has 0 unspecified atom stereocenters. The number of carbonyl (C=O) groups is 1. The number of amides is 1. The summed E-state index contributed by atoms with van der Waals surface area (Å²) in [6.45, 7) is -0.474. The Morgan fingerprint density at radius 3 is 2.34 bits per heavy atom. The van der Waals surface area contributed by atoms with Crippen LogP contribution in [0.3, 0.4) is 0 Å². The van der Waals surface area contributed by atoms with E-state index in [2.05, 4.69) is 5.32 Å². The third-order valence-corrected chi connectivity index (χ3v) is 5.42. The Balaban J connectivity index is 1.71. The van der Waals surface area contributed by atoms with Gasteiger partial charge in [-0.15, -0.1) is 0 Å². The number of fused-ring (bicyclic) bond motifs is 1. The third kappa shape index (κ3) is 4.87. The van der Waals surface area contributed by atoms with Gasteiger partial charge in [0.05, 0.1) is 10.4 Å². The van der Waals surface area contributed by atoms with E-state index >= 15 is 0 Å². The molecule has 1 N–H and O–H groups in total. The highest BCUT2D eigenvalue weighted by Crippen LogP contribution is 2.35. The highest BCUT2D eigenvalue weighted by molar-refractivity contribution is 6.35. The molecule has 4 rings (SSSR count). The molecule has 4 aromatic rings. The number of hydrogen-bond donors (Lipinski definition) is 1. The van der Waals surface area contributed by atoms with Gasteiger partial charge in [0.2, 0.25) is 11.2 Å². The van der Waals surface area contributed by atoms with Crippen LogP contribution in [0, 0.1) is 0 Å². The van der Waals surface area contributed by atoms with Crippen LogP contribution in [0.1, 0.15) is 0 Å². The summed E-state index contributed by atoms with van der Waals surface area (Å²) in [7, 11) is 0. The van der Waals surface area contributed by atoms with Crippen molar-refractivity contribution in [2.45, 2.75) is 0 Å². The quantitative estimate of drug-likeness (QED) is 0.312. The third-order valence-electron chi connectivity index (χ3n) is 4.42. The second-order valence-corrected chi connectivity index (χ2v) is 8.42. The largest absolute Gasteiger partial charge is 0.476 e. The number of benzene rings is 3. The van der Waals surface area contributed by atoms with Crippen molar-refractivity contribution in [3.63, 3.8) is 0 Å². The normalized spacial score (nSPS) is 10.9. The molecule has 3 aromatic carbocycles. The van der Waals surface area contributed by atoms with Crippen molar-refractivity contribution in [3.05, 3.63) is 91.0 Å². The maximum absolute atomic E-state index is 13.2. The van der Waals surface area contributed by atoms with Crippen LogP contribution in [0.4, 0.5) is 5.69 Å². The van der Waals surface area contributed by atoms with Gasteiger partial charge in [-0.05, 0) is 48.5 Å². The first kappa shape index (κ1) is 22.5. The van der Waals surface area contributed by atoms with Gasteiger partial charge >= 0.3 is 0 Å². The molecule has 0 aliphatic heterocycles. The Labute approximate surface area is 202 Å². The zero-order valence-corrected chi connectivity index (χ0v) is 19.1. The van der Waals surface area contributed by atoms with Crippen molar-refractivity contribution < 1.29 is 13.9 Å². The Morgan fingerprint density at radius 2 is 1.62 bits per heavy atom. The molecule has 162 valence electrons. The van der Waals surface area contributed by atoms with Crippen LogP contribution in [0.25, 0.3) is 22.3 Å². The van der Waals surface area contributed by atoms with E-state index in [9.17, 15) is 9.59 Å². The van der Waals surface area contributed by atoms with Crippen LogP contribution < -0.4 is 15.5 Å². The fraction of sp³-hybridized carbons (Fsp3) is 0.0435. The zero-order valence-electron chi connectivity index (χ0n) is 16.1. The van der Waals surface area contributed by atoms with Gasteiger partial charge in [-0.2, -0.15) is 0 Å². The molecule has 0 saturated heterocycles. The molecule has 0 aliphatic carbocycles. The molecule has 9 heteroatoms. The lowest BCUT2D eigenvalue weighted by molar-refractivity contribution is -0.118. The summed E-state index contributed by atoms with van der Waals surface area (Å²) in [5.41, 5.74) is 0.655. The van der Waals surface area contributed by atoms with E-state index in [1.165, 1.54) is 24.3 Å². The number of rotatable bonds is 5. The van der Waals surface area contributed by atoms with Crippen LogP contribution in [-0.4, -0.2) is 12.5 Å². The lowest BCUT2D eigenvalue weighted by Gasteiger charge is -2.13. The second-order valence-electron chi connectivity index (χ2n) is 6.70. The molecule has 5 nitrogen and oxygen atoms in total. The van der Waals surface area contributed by atoms with E-state index in [-0.39, 0.29) is 16.9 Å². The van der Waals surface area contributed by atoms with Gasteiger partial charge in [0.25, 0.3) is 5.91 Å². The van der Waals surface area contributed by atoms with Crippen molar-refractivity contribution >= 4 is 69.0 Å². The van der Waals surface area contributed by atoms with Crippen LogP contribution >= 0.6 is 46.4 Å². The Bertz CT molecular complexity index is 1380. The molecule has 0 aliphatic rings. The summed E-state index contributed by atoms with van der Waals surface area (Å²) in [5, 5.41) is 4.27. The lowest BCUT2D eigenvalue weighted by atomic mass is 10.1. The smallest absolute Gasteiger partial charge is 0.262 e. The van der Waals surface area contributed by atoms with Crippen LogP contribution in [0.5, 0.6) is 5.75 Å². The molecule has 0 spiro atoms. The minimum atomic E-state index is -0.529. The summed E-state index contributed by atoms with van der Waals surface area (Å²) < 4.78 is 11.6. The topological polar surface area (TPSA) is 68.5 Å². The minimum Gasteiger partial charge on any atom is -0.476 e. The van der Waals surface area contributed by atoms with Crippen molar-refractivity contribution in [2.24, 2.45) is 0 Å². The highest BCUT2D eigenvalue weighted by Gasteiger charge is 2.21. The molecule has 32 heavy (non-hydrogen) atoms. The van der Waals surface area contributed by atoms with Gasteiger partial charge in [0.1, 0.15) is 5.58 Å². The van der Waals surface area contributed by atoms with E-state index in [0.717, 1.165) is 0 Å². The molecule has 0 atom stereocenters. The Morgan fingerprint density at radius 1 is 0.906 bits per heavy atom. The van der Waals surface area contributed by atoms with E-state index in [0.29, 0.717) is 36.9 Å². The van der Waals surface area contributed by atoms with E-state index in [1.54, 1.807) is 36.4 Å². The molecule has 1 heterocycles. The molecule has 0 radical (unpaired) electrons. The maximum atomic E-state index is 13.2. The summed E-state index contributed by atoms with van der Waals surface area (Å²) >= 11 is 24.3. The van der Waals surface area contributed by atoms with Crippen molar-refractivity contribution in [1.29, 1.82) is 0 Å². The minimum absolute atomic E-state index is 0.106. The van der Waals surface area contributed by atoms with Crippen LogP contribution in [-0.2, 0) is 4.79 Å². The molecule has 0 saturated carbocycles. The monoisotopic (exact) mass is 507 g/mol. The number of ether oxygens (including phenoxy) is 1. The van der Waals surface area contributed by atoms with Crippen LogP contribution in [0.2, 0.25) is 20.1 Å². The molecule has 0 fully saturated rings. The Kier molecular flexibility index (Phi) is 6.63. The van der Waals surface area contributed by atoms with E-state index < -0.39 is 17.9 Å². The number of anilines is 1. The maximum Gasteiger partial charge on any atom is 0.262 e. The first-order chi connectivity index (χ1) is 15.3. The first-order valence-electron chi connectivity index (χ1n) is 9.22. The van der Waals surface area contributed by atoms with Crippen LogP contribution in [0.15, 0.2) is 69.9 Å². The fourth-order valence-electron chi connectivity index (χ4n) is 3.06. The van der Waals surface area contributed by atoms with E-state index in [4.69, 9.17) is 55.6 Å². The van der Waals surface area contributed by atoms with Gasteiger partial charge in [-0.1, -0.05) is 58.5 Å². The number of nitrogens with one attached hydrogen (secondary N) is 1. The number of hydrogen-bond acceptors (Lipinski definition) is 4. The highest BCUT2D eigenvalue weighted by atomic mass is 35.5. The first-order valence-corrected chi connectivity index (χ1v) is 10.7. The Hall–Kier alpha value is -2.70. The second kappa shape index (κ2) is 9.43.